The van der Waals surface area contributed by atoms with Crippen LogP contribution in [0.4, 0.5) is 5.69 Å². The third-order valence-electron chi connectivity index (χ3n) is 2.39. The molecule has 0 saturated heterocycles. The van der Waals surface area contributed by atoms with Crippen molar-refractivity contribution in [1.82, 2.24) is 9.97 Å². The fourth-order valence-electron chi connectivity index (χ4n) is 1.60. The topological polar surface area (TPSA) is 81.0 Å². The first-order chi connectivity index (χ1) is 8.10. The molecule has 0 spiro atoms. The lowest BCUT2D eigenvalue weighted by Gasteiger charge is -2.07. The normalized spacial score (nSPS) is 10.2. The number of benzene rings is 1. The van der Waals surface area contributed by atoms with E-state index in [4.69, 9.17) is 10.5 Å². The van der Waals surface area contributed by atoms with Crippen molar-refractivity contribution in [3.8, 4) is 17.0 Å². The number of ether oxygens (including phenoxy) is 1. The molecule has 0 saturated carbocycles. The highest BCUT2D eigenvalue weighted by molar-refractivity contribution is 5.67. The monoisotopic (exact) mass is 231 g/mol. The number of aromatic amines is 1. The van der Waals surface area contributed by atoms with Crippen molar-refractivity contribution in [3.63, 3.8) is 0 Å². The van der Waals surface area contributed by atoms with Crippen molar-refractivity contribution in [2.24, 2.45) is 0 Å². The molecule has 3 N–H and O–H groups in total. The van der Waals surface area contributed by atoms with E-state index in [2.05, 4.69) is 9.97 Å². The molecule has 5 heteroatoms. The molecule has 0 atom stereocenters. The van der Waals surface area contributed by atoms with Crippen LogP contribution in [0.15, 0.2) is 29.1 Å². The van der Waals surface area contributed by atoms with Gasteiger partial charge in [0, 0.05) is 11.6 Å². The van der Waals surface area contributed by atoms with Gasteiger partial charge in [-0.2, -0.15) is 0 Å². The number of hydrogen-bond donors (Lipinski definition) is 2. The van der Waals surface area contributed by atoms with Crippen LogP contribution in [0.1, 0.15) is 5.82 Å². The standard InChI is InChI=1S/C12H13N3O2/c1-7-14-10(6-12(16)15-7)8-3-4-9(13)11(5-8)17-2/h3-6H,13H2,1-2H3,(H,14,15,16). The van der Waals surface area contributed by atoms with E-state index in [1.54, 1.807) is 32.2 Å². The van der Waals surface area contributed by atoms with E-state index in [0.717, 1.165) is 5.56 Å². The summed E-state index contributed by atoms with van der Waals surface area (Å²) in [6.07, 6.45) is 0. The molecule has 0 aliphatic heterocycles. The molecule has 1 aromatic heterocycles. The van der Waals surface area contributed by atoms with Crippen molar-refractivity contribution in [3.05, 3.63) is 40.4 Å². The molecular formula is C12H13N3O2. The first-order valence-electron chi connectivity index (χ1n) is 5.12. The number of hydrogen-bond acceptors (Lipinski definition) is 4. The molecular weight excluding hydrogens is 218 g/mol. The minimum Gasteiger partial charge on any atom is -0.495 e. The number of aromatic nitrogens is 2. The maximum atomic E-state index is 11.4. The number of aryl methyl sites for hydroxylation is 1. The number of nitrogens with zero attached hydrogens (tertiary/aromatic N) is 1. The number of nitrogen functional groups attached to an aromatic ring is 1. The average molecular weight is 231 g/mol. The minimum atomic E-state index is -0.178. The summed E-state index contributed by atoms with van der Waals surface area (Å²) in [4.78, 5) is 18.2. The van der Waals surface area contributed by atoms with E-state index in [1.165, 1.54) is 6.07 Å². The van der Waals surface area contributed by atoms with Crippen molar-refractivity contribution in [2.75, 3.05) is 12.8 Å². The molecule has 0 fully saturated rings. The zero-order valence-corrected chi connectivity index (χ0v) is 9.65. The fraction of sp³-hybridized carbons (Fsp3) is 0.167. The van der Waals surface area contributed by atoms with Crippen LogP contribution in [0.25, 0.3) is 11.3 Å². The Morgan fingerprint density at radius 3 is 2.76 bits per heavy atom. The second kappa shape index (κ2) is 4.29. The Bertz CT molecular complexity index is 605. The molecule has 2 rings (SSSR count). The van der Waals surface area contributed by atoms with Gasteiger partial charge < -0.3 is 15.5 Å². The molecule has 0 aliphatic carbocycles. The second-order valence-electron chi connectivity index (χ2n) is 3.67. The quantitative estimate of drug-likeness (QED) is 0.764. The van der Waals surface area contributed by atoms with Gasteiger partial charge in [-0.05, 0) is 19.1 Å². The molecule has 0 aliphatic rings. The second-order valence-corrected chi connectivity index (χ2v) is 3.67. The van der Waals surface area contributed by atoms with Gasteiger partial charge in [-0.3, -0.25) is 4.79 Å². The molecule has 0 radical (unpaired) electrons. The molecule has 1 heterocycles. The van der Waals surface area contributed by atoms with Crippen LogP contribution in [-0.2, 0) is 0 Å². The van der Waals surface area contributed by atoms with Crippen LogP contribution < -0.4 is 16.0 Å². The van der Waals surface area contributed by atoms with E-state index in [9.17, 15) is 4.79 Å². The maximum Gasteiger partial charge on any atom is 0.251 e. The molecule has 1 aromatic carbocycles. The van der Waals surface area contributed by atoms with Crippen molar-refractivity contribution >= 4 is 5.69 Å². The first kappa shape index (κ1) is 11.2. The van der Waals surface area contributed by atoms with Crippen molar-refractivity contribution in [1.29, 1.82) is 0 Å². The molecule has 0 unspecified atom stereocenters. The zero-order chi connectivity index (χ0) is 12.4. The van der Waals surface area contributed by atoms with Crippen LogP contribution >= 0.6 is 0 Å². The van der Waals surface area contributed by atoms with E-state index >= 15 is 0 Å². The fourth-order valence-corrected chi connectivity index (χ4v) is 1.60. The largest absolute Gasteiger partial charge is 0.495 e. The summed E-state index contributed by atoms with van der Waals surface area (Å²) in [6.45, 7) is 1.74. The van der Waals surface area contributed by atoms with E-state index in [1.807, 2.05) is 0 Å². The lowest BCUT2D eigenvalue weighted by atomic mass is 10.1. The van der Waals surface area contributed by atoms with Crippen LogP contribution in [-0.4, -0.2) is 17.1 Å². The maximum absolute atomic E-state index is 11.4. The van der Waals surface area contributed by atoms with Gasteiger partial charge in [-0.1, -0.05) is 6.07 Å². The number of nitrogens with two attached hydrogens (primary N) is 1. The lowest BCUT2D eigenvalue weighted by Crippen LogP contribution is -2.08. The minimum absolute atomic E-state index is 0.178. The third-order valence-corrected chi connectivity index (χ3v) is 2.39. The third kappa shape index (κ3) is 2.28. The Labute approximate surface area is 98.3 Å². The van der Waals surface area contributed by atoms with Crippen LogP contribution in [0.3, 0.4) is 0 Å². The highest BCUT2D eigenvalue weighted by Crippen LogP contribution is 2.27. The van der Waals surface area contributed by atoms with Gasteiger partial charge in [0.1, 0.15) is 11.6 Å². The van der Waals surface area contributed by atoms with Crippen LogP contribution in [0, 0.1) is 6.92 Å². The molecule has 5 nitrogen and oxygen atoms in total. The highest BCUT2D eigenvalue weighted by atomic mass is 16.5. The van der Waals surface area contributed by atoms with Gasteiger partial charge in [0.2, 0.25) is 0 Å². The number of rotatable bonds is 2. The molecule has 2 aromatic rings. The molecule has 88 valence electrons. The smallest absolute Gasteiger partial charge is 0.251 e. The Balaban J connectivity index is 2.56. The van der Waals surface area contributed by atoms with Crippen molar-refractivity contribution in [2.45, 2.75) is 6.92 Å². The zero-order valence-electron chi connectivity index (χ0n) is 9.65. The summed E-state index contributed by atoms with van der Waals surface area (Å²) in [6, 6.07) is 6.74. The summed E-state index contributed by atoms with van der Waals surface area (Å²) in [5.74, 6) is 1.14. The average Bonchev–Trinajstić information content (AvgIpc) is 2.28. The van der Waals surface area contributed by atoms with Gasteiger partial charge in [0.05, 0.1) is 18.5 Å². The summed E-state index contributed by atoms with van der Waals surface area (Å²) >= 11 is 0. The molecule has 0 bridgehead atoms. The van der Waals surface area contributed by atoms with E-state index < -0.39 is 0 Å². The highest BCUT2D eigenvalue weighted by Gasteiger charge is 2.05. The van der Waals surface area contributed by atoms with Crippen LogP contribution in [0.5, 0.6) is 5.75 Å². The SMILES string of the molecule is COc1cc(-c2cc(=O)[nH]c(C)n2)ccc1N. The number of methoxy groups -OCH3 is 1. The Morgan fingerprint density at radius 2 is 2.12 bits per heavy atom. The van der Waals surface area contributed by atoms with Crippen molar-refractivity contribution < 1.29 is 4.74 Å². The summed E-state index contributed by atoms with van der Waals surface area (Å²) < 4.78 is 5.13. The van der Waals surface area contributed by atoms with Gasteiger partial charge in [-0.15, -0.1) is 0 Å². The van der Waals surface area contributed by atoms with E-state index in [-0.39, 0.29) is 5.56 Å². The summed E-state index contributed by atoms with van der Waals surface area (Å²) in [5.41, 5.74) is 7.50. The summed E-state index contributed by atoms with van der Waals surface area (Å²) in [7, 11) is 1.55. The number of nitrogens with one attached hydrogen (secondary N) is 1. The number of anilines is 1. The molecule has 17 heavy (non-hydrogen) atoms. The Kier molecular flexibility index (Phi) is 2.82. The van der Waals surface area contributed by atoms with Gasteiger partial charge >= 0.3 is 0 Å². The van der Waals surface area contributed by atoms with Gasteiger partial charge in [0.25, 0.3) is 5.56 Å². The summed E-state index contributed by atoms with van der Waals surface area (Å²) in [5, 5.41) is 0. The Morgan fingerprint density at radius 1 is 1.35 bits per heavy atom. The van der Waals surface area contributed by atoms with E-state index in [0.29, 0.717) is 23.0 Å². The predicted octanol–water partition coefficient (Wildman–Crippen LogP) is 1.34. The first-order valence-corrected chi connectivity index (χ1v) is 5.12. The Hall–Kier alpha value is -2.30. The van der Waals surface area contributed by atoms with Gasteiger partial charge in [0.15, 0.2) is 0 Å². The predicted molar refractivity (Wildman–Crippen MR) is 66.0 cm³/mol. The number of H-pyrrole nitrogens is 1. The molecule has 0 amide bonds. The van der Waals surface area contributed by atoms with Gasteiger partial charge in [-0.25, -0.2) is 4.98 Å². The lowest BCUT2D eigenvalue weighted by molar-refractivity contribution is 0.417. The van der Waals surface area contributed by atoms with Crippen LogP contribution in [0.2, 0.25) is 0 Å².